The summed E-state index contributed by atoms with van der Waals surface area (Å²) in [5, 5.41) is 11.0. The fraction of sp³-hybridized carbons (Fsp3) is 0.353. The number of nitrogens with one attached hydrogen (secondary N) is 1. The van der Waals surface area contributed by atoms with Crippen LogP contribution in [0.3, 0.4) is 0 Å². The number of benzene rings is 1. The molecule has 2 aromatic rings. The van der Waals surface area contributed by atoms with Gasteiger partial charge in [-0.2, -0.15) is 0 Å². The summed E-state index contributed by atoms with van der Waals surface area (Å²) in [4.78, 5) is 7.46. The molecule has 3 rings (SSSR count). The maximum absolute atomic E-state index is 10.00. The Balaban J connectivity index is 1.72. The summed E-state index contributed by atoms with van der Waals surface area (Å²) in [6.07, 6.45) is 10.3. The number of nitrogens with zero attached hydrogens (tertiary/aromatic N) is 1. The average molecular weight is 347 g/mol. The Bertz CT molecular complexity index is 700. The van der Waals surface area contributed by atoms with Gasteiger partial charge in [-0.3, -0.25) is 4.99 Å². The van der Waals surface area contributed by atoms with Crippen LogP contribution in [-0.2, 0) is 0 Å². The Morgan fingerprint density at radius 2 is 2.24 bits per heavy atom. The van der Waals surface area contributed by atoms with Crippen LogP contribution in [0.25, 0.3) is 10.9 Å². The highest BCUT2D eigenvalue weighted by Gasteiger charge is 2.09. The molecule has 1 heterocycles. The fourth-order valence-electron chi connectivity index (χ4n) is 2.80. The summed E-state index contributed by atoms with van der Waals surface area (Å²) < 4.78 is 0.996. The second-order valence-electron chi connectivity index (χ2n) is 5.47. The van der Waals surface area contributed by atoms with Crippen molar-refractivity contribution in [2.45, 2.75) is 32.1 Å². The summed E-state index contributed by atoms with van der Waals surface area (Å²) in [7, 11) is 0. The first-order valence-corrected chi connectivity index (χ1v) is 8.21. The molecule has 0 bridgehead atoms. The molecule has 0 spiro atoms. The molecule has 110 valence electrons. The van der Waals surface area contributed by atoms with E-state index in [1.807, 2.05) is 18.2 Å². The van der Waals surface area contributed by atoms with Gasteiger partial charge >= 0.3 is 0 Å². The predicted octanol–water partition coefficient (Wildman–Crippen LogP) is 4.95. The van der Waals surface area contributed by atoms with Crippen LogP contribution in [0.5, 0.6) is 5.88 Å². The zero-order chi connectivity index (χ0) is 14.7. The molecule has 1 aliphatic carbocycles. The van der Waals surface area contributed by atoms with Gasteiger partial charge in [-0.05, 0) is 50.3 Å². The smallest absolute Gasteiger partial charge is 0.198 e. The summed E-state index contributed by atoms with van der Waals surface area (Å²) in [5.41, 5.74) is 3.22. The molecular formula is C17H19BrN2O. The second kappa shape index (κ2) is 6.48. The minimum Gasteiger partial charge on any atom is -0.494 e. The summed E-state index contributed by atoms with van der Waals surface area (Å²) in [6.45, 7) is 0.784. The van der Waals surface area contributed by atoms with E-state index < -0.39 is 0 Å². The minimum absolute atomic E-state index is 0.184. The zero-order valence-corrected chi connectivity index (χ0v) is 13.5. The lowest BCUT2D eigenvalue weighted by atomic mass is 9.97. The molecule has 0 radical (unpaired) electrons. The van der Waals surface area contributed by atoms with Crippen molar-refractivity contribution in [3.05, 3.63) is 39.9 Å². The van der Waals surface area contributed by atoms with Gasteiger partial charge in [0.15, 0.2) is 5.88 Å². The van der Waals surface area contributed by atoms with E-state index >= 15 is 0 Å². The van der Waals surface area contributed by atoms with Gasteiger partial charge in [-0.25, -0.2) is 0 Å². The van der Waals surface area contributed by atoms with E-state index in [1.54, 1.807) is 6.21 Å². The molecule has 0 saturated heterocycles. The lowest BCUT2D eigenvalue weighted by Gasteiger charge is -2.10. The molecule has 1 aromatic carbocycles. The number of aliphatic imine (C=N–C) groups is 1. The first-order valence-electron chi connectivity index (χ1n) is 7.42. The minimum atomic E-state index is 0.184. The van der Waals surface area contributed by atoms with Gasteiger partial charge in [-0.1, -0.05) is 27.6 Å². The third kappa shape index (κ3) is 3.38. The predicted molar refractivity (Wildman–Crippen MR) is 91.3 cm³/mol. The van der Waals surface area contributed by atoms with Crippen LogP contribution in [0.2, 0.25) is 0 Å². The Morgan fingerprint density at radius 1 is 1.33 bits per heavy atom. The van der Waals surface area contributed by atoms with E-state index in [0.29, 0.717) is 0 Å². The number of aromatic hydroxyl groups is 1. The number of halogens is 1. The van der Waals surface area contributed by atoms with E-state index in [-0.39, 0.29) is 5.88 Å². The van der Waals surface area contributed by atoms with Crippen LogP contribution < -0.4 is 0 Å². The molecule has 21 heavy (non-hydrogen) atoms. The standard InChI is InChI=1S/C17H19BrN2O/c18-13-6-7-16-14(10-13)15(17(21)20-16)11-19-9-8-12-4-2-1-3-5-12/h4,6-7,10-11,20-21H,1-3,5,8-9H2. The van der Waals surface area contributed by atoms with Gasteiger partial charge in [0.1, 0.15) is 0 Å². The highest BCUT2D eigenvalue weighted by Crippen LogP contribution is 2.28. The second-order valence-corrected chi connectivity index (χ2v) is 6.39. The molecule has 1 aromatic heterocycles. The third-order valence-electron chi connectivity index (χ3n) is 3.95. The van der Waals surface area contributed by atoms with Crippen LogP contribution in [0.15, 0.2) is 39.3 Å². The molecule has 4 heteroatoms. The molecular weight excluding hydrogens is 328 g/mol. The number of allylic oxidation sites excluding steroid dienone is 1. The van der Waals surface area contributed by atoms with E-state index in [4.69, 9.17) is 0 Å². The van der Waals surface area contributed by atoms with Gasteiger partial charge in [0.25, 0.3) is 0 Å². The van der Waals surface area contributed by atoms with Crippen molar-refractivity contribution >= 4 is 33.0 Å². The number of fused-ring (bicyclic) bond motifs is 1. The monoisotopic (exact) mass is 346 g/mol. The third-order valence-corrected chi connectivity index (χ3v) is 4.44. The average Bonchev–Trinajstić information content (AvgIpc) is 2.80. The van der Waals surface area contributed by atoms with Crippen LogP contribution in [-0.4, -0.2) is 22.8 Å². The van der Waals surface area contributed by atoms with Crippen LogP contribution >= 0.6 is 15.9 Å². The highest BCUT2D eigenvalue weighted by molar-refractivity contribution is 9.10. The van der Waals surface area contributed by atoms with Crippen LogP contribution in [0.4, 0.5) is 0 Å². The maximum Gasteiger partial charge on any atom is 0.198 e. The maximum atomic E-state index is 10.00. The SMILES string of the molecule is Oc1[nH]c2ccc(Br)cc2c1C=NCCC1=CCCCC1. The number of hydrogen-bond acceptors (Lipinski definition) is 2. The molecule has 0 saturated carbocycles. The Morgan fingerprint density at radius 3 is 3.05 bits per heavy atom. The van der Waals surface area contributed by atoms with Gasteiger partial charge < -0.3 is 10.1 Å². The van der Waals surface area contributed by atoms with E-state index in [1.165, 1.54) is 31.3 Å². The first kappa shape index (κ1) is 14.4. The molecule has 2 N–H and O–H groups in total. The van der Waals surface area contributed by atoms with Crippen molar-refractivity contribution in [1.82, 2.24) is 4.98 Å². The summed E-state index contributed by atoms with van der Waals surface area (Å²) >= 11 is 3.46. The fourth-order valence-corrected chi connectivity index (χ4v) is 3.16. The van der Waals surface area contributed by atoms with Crippen molar-refractivity contribution in [2.75, 3.05) is 6.54 Å². The number of hydrogen-bond donors (Lipinski definition) is 2. The van der Waals surface area contributed by atoms with E-state index in [2.05, 4.69) is 32.0 Å². The number of aromatic amines is 1. The van der Waals surface area contributed by atoms with Crippen molar-refractivity contribution in [3.8, 4) is 5.88 Å². The van der Waals surface area contributed by atoms with Crippen LogP contribution in [0.1, 0.15) is 37.7 Å². The highest BCUT2D eigenvalue weighted by atomic mass is 79.9. The number of rotatable bonds is 4. The Hall–Kier alpha value is -1.55. The molecule has 0 unspecified atom stereocenters. The lowest BCUT2D eigenvalue weighted by molar-refractivity contribution is 0.457. The van der Waals surface area contributed by atoms with Crippen molar-refractivity contribution in [3.63, 3.8) is 0 Å². The van der Waals surface area contributed by atoms with Gasteiger partial charge in [0.2, 0.25) is 0 Å². The largest absolute Gasteiger partial charge is 0.494 e. The summed E-state index contributed by atoms with van der Waals surface area (Å²) in [6, 6.07) is 5.90. The first-order chi connectivity index (χ1) is 10.2. The number of aromatic nitrogens is 1. The summed E-state index contributed by atoms with van der Waals surface area (Å²) in [5.74, 6) is 0.184. The van der Waals surface area contributed by atoms with Gasteiger partial charge in [-0.15, -0.1) is 0 Å². The molecule has 0 aliphatic heterocycles. The van der Waals surface area contributed by atoms with E-state index in [0.717, 1.165) is 33.9 Å². The molecule has 0 amide bonds. The molecule has 1 aliphatic rings. The van der Waals surface area contributed by atoms with Crippen molar-refractivity contribution < 1.29 is 5.11 Å². The normalized spacial score (nSPS) is 15.8. The number of H-pyrrole nitrogens is 1. The van der Waals surface area contributed by atoms with E-state index in [9.17, 15) is 5.11 Å². The molecule has 3 nitrogen and oxygen atoms in total. The Labute approximate surface area is 132 Å². The van der Waals surface area contributed by atoms with Crippen molar-refractivity contribution in [1.29, 1.82) is 0 Å². The quantitative estimate of drug-likeness (QED) is 0.597. The molecule has 0 fully saturated rings. The molecule has 0 atom stereocenters. The lowest BCUT2D eigenvalue weighted by Crippen LogP contribution is -1.94. The van der Waals surface area contributed by atoms with Crippen molar-refractivity contribution in [2.24, 2.45) is 4.99 Å². The topological polar surface area (TPSA) is 48.4 Å². The van der Waals surface area contributed by atoms with Crippen LogP contribution in [0, 0.1) is 0 Å². The van der Waals surface area contributed by atoms with Gasteiger partial charge in [0.05, 0.1) is 5.56 Å². The zero-order valence-electron chi connectivity index (χ0n) is 11.9. The van der Waals surface area contributed by atoms with Gasteiger partial charge in [0, 0.05) is 28.1 Å². The Kier molecular flexibility index (Phi) is 4.44.